The van der Waals surface area contributed by atoms with Gasteiger partial charge in [-0.05, 0) is 24.1 Å². The number of amides is 1. The molecule has 0 unspecified atom stereocenters. The summed E-state index contributed by atoms with van der Waals surface area (Å²) in [6, 6.07) is 5.37. The number of hydrogen-bond acceptors (Lipinski definition) is 4. The van der Waals surface area contributed by atoms with Crippen molar-refractivity contribution < 1.29 is 9.21 Å². The Bertz CT molecular complexity index is 585. The van der Waals surface area contributed by atoms with E-state index in [0.717, 1.165) is 5.56 Å². The van der Waals surface area contributed by atoms with E-state index >= 15 is 0 Å². The van der Waals surface area contributed by atoms with Gasteiger partial charge in [0.1, 0.15) is 0 Å². The Morgan fingerprint density at radius 2 is 2.29 bits per heavy atom. The normalized spacial score (nSPS) is 10.6. The number of aromatic nitrogens is 1. The van der Waals surface area contributed by atoms with Crippen LogP contribution in [-0.2, 0) is 11.2 Å². The second-order valence-electron chi connectivity index (χ2n) is 3.64. The standard InChI is InChI=1S/C11H13N3O3/c1-12-14-10(15)5-3-7-2-4-9-8(6-7)13-11(16)17-9/h2,4,6,12H,3,5H2,1H3,(H,13,16)(H,14,15). The van der Waals surface area contributed by atoms with E-state index in [1.165, 1.54) is 0 Å². The van der Waals surface area contributed by atoms with Gasteiger partial charge in [-0.25, -0.2) is 10.2 Å². The highest BCUT2D eigenvalue weighted by atomic mass is 16.4. The number of aromatic amines is 1. The predicted molar refractivity (Wildman–Crippen MR) is 62.4 cm³/mol. The number of oxazole rings is 1. The number of aryl methyl sites for hydroxylation is 1. The lowest BCUT2D eigenvalue weighted by atomic mass is 10.1. The zero-order valence-electron chi connectivity index (χ0n) is 9.37. The molecule has 1 heterocycles. The summed E-state index contributed by atoms with van der Waals surface area (Å²) in [6.07, 6.45) is 0.991. The number of carbonyl (C=O) groups excluding carboxylic acids is 1. The molecule has 0 aliphatic rings. The third-order valence-electron chi connectivity index (χ3n) is 2.39. The minimum atomic E-state index is -0.468. The van der Waals surface area contributed by atoms with Crippen molar-refractivity contribution in [3.63, 3.8) is 0 Å². The van der Waals surface area contributed by atoms with Crippen LogP contribution in [0.3, 0.4) is 0 Å². The van der Waals surface area contributed by atoms with Gasteiger partial charge in [-0.15, -0.1) is 0 Å². The number of hydrogen-bond donors (Lipinski definition) is 3. The molecular formula is C11H13N3O3. The monoisotopic (exact) mass is 235 g/mol. The Hall–Kier alpha value is -2.08. The van der Waals surface area contributed by atoms with E-state index in [0.29, 0.717) is 23.9 Å². The van der Waals surface area contributed by atoms with Crippen LogP contribution in [0.2, 0.25) is 0 Å². The summed E-state index contributed by atoms with van der Waals surface area (Å²) in [5.74, 6) is -0.543. The number of benzene rings is 1. The smallest absolute Gasteiger partial charge is 0.408 e. The van der Waals surface area contributed by atoms with Crippen LogP contribution in [0.4, 0.5) is 0 Å². The third kappa shape index (κ3) is 2.73. The van der Waals surface area contributed by atoms with Gasteiger partial charge in [0, 0.05) is 13.5 Å². The molecule has 1 aromatic heterocycles. The van der Waals surface area contributed by atoms with E-state index in [9.17, 15) is 9.59 Å². The van der Waals surface area contributed by atoms with E-state index in [-0.39, 0.29) is 5.91 Å². The highest BCUT2D eigenvalue weighted by Crippen LogP contribution is 2.13. The van der Waals surface area contributed by atoms with Gasteiger partial charge < -0.3 is 4.42 Å². The van der Waals surface area contributed by atoms with Crippen molar-refractivity contribution in [3.05, 3.63) is 34.3 Å². The lowest BCUT2D eigenvalue weighted by Crippen LogP contribution is -2.34. The summed E-state index contributed by atoms with van der Waals surface area (Å²) in [6.45, 7) is 0. The highest BCUT2D eigenvalue weighted by Gasteiger charge is 2.04. The molecule has 0 atom stereocenters. The quantitative estimate of drug-likeness (QED) is 0.665. The molecule has 0 aliphatic heterocycles. The molecule has 17 heavy (non-hydrogen) atoms. The van der Waals surface area contributed by atoms with Crippen LogP contribution in [0, 0.1) is 0 Å². The van der Waals surface area contributed by atoms with Crippen LogP contribution in [0.5, 0.6) is 0 Å². The summed E-state index contributed by atoms with van der Waals surface area (Å²) in [4.78, 5) is 24.8. The van der Waals surface area contributed by atoms with Crippen LogP contribution in [0.25, 0.3) is 11.1 Å². The maximum atomic E-state index is 11.2. The molecule has 1 aromatic carbocycles. The number of fused-ring (bicyclic) bond motifs is 1. The lowest BCUT2D eigenvalue weighted by molar-refractivity contribution is -0.121. The summed E-state index contributed by atoms with van der Waals surface area (Å²) in [5, 5.41) is 0. The zero-order valence-corrected chi connectivity index (χ0v) is 9.37. The van der Waals surface area contributed by atoms with Gasteiger partial charge in [-0.3, -0.25) is 15.2 Å². The second kappa shape index (κ2) is 4.84. The molecule has 0 saturated carbocycles. The summed E-state index contributed by atoms with van der Waals surface area (Å²) in [7, 11) is 1.64. The zero-order chi connectivity index (χ0) is 12.3. The highest BCUT2D eigenvalue weighted by molar-refractivity contribution is 5.76. The first kappa shape index (κ1) is 11.4. The largest absolute Gasteiger partial charge is 0.417 e. The molecule has 3 N–H and O–H groups in total. The minimum absolute atomic E-state index is 0.0757. The Morgan fingerprint density at radius 3 is 3.06 bits per heavy atom. The van der Waals surface area contributed by atoms with Crippen molar-refractivity contribution in [2.45, 2.75) is 12.8 Å². The molecule has 0 bridgehead atoms. The molecule has 6 nitrogen and oxygen atoms in total. The Morgan fingerprint density at radius 1 is 1.47 bits per heavy atom. The second-order valence-corrected chi connectivity index (χ2v) is 3.64. The van der Waals surface area contributed by atoms with Gasteiger partial charge in [0.25, 0.3) is 0 Å². The van der Waals surface area contributed by atoms with Crippen molar-refractivity contribution in [1.82, 2.24) is 15.8 Å². The first-order valence-electron chi connectivity index (χ1n) is 5.26. The van der Waals surface area contributed by atoms with Gasteiger partial charge in [-0.2, -0.15) is 0 Å². The van der Waals surface area contributed by atoms with E-state index in [2.05, 4.69) is 15.8 Å². The van der Waals surface area contributed by atoms with E-state index in [1.54, 1.807) is 13.1 Å². The molecule has 0 aliphatic carbocycles. The molecule has 1 amide bonds. The van der Waals surface area contributed by atoms with E-state index in [4.69, 9.17) is 4.42 Å². The van der Waals surface area contributed by atoms with Gasteiger partial charge in [0.2, 0.25) is 5.91 Å². The first-order valence-corrected chi connectivity index (χ1v) is 5.26. The number of rotatable bonds is 4. The third-order valence-corrected chi connectivity index (χ3v) is 2.39. The molecule has 2 rings (SSSR count). The SMILES string of the molecule is CNNC(=O)CCc1ccc2oc(=O)[nH]c2c1. The van der Waals surface area contributed by atoms with E-state index in [1.807, 2.05) is 12.1 Å². The Kier molecular flexibility index (Phi) is 3.24. The van der Waals surface area contributed by atoms with Gasteiger partial charge in [0.05, 0.1) is 5.52 Å². The first-order chi connectivity index (χ1) is 8.19. The van der Waals surface area contributed by atoms with Gasteiger partial charge in [0.15, 0.2) is 5.58 Å². The molecule has 0 spiro atoms. The molecule has 0 fully saturated rings. The van der Waals surface area contributed by atoms with Crippen LogP contribution >= 0.6 is 0 Å². The summed E-state index contributed by atoms with van der Waals surface area (Å²) in [5.41, 5.74) is 7.22. The van der Waals surface area contributed by atoms with Crippen LogP contribution in [0.15, 0.2) is 27.4 Å². The van der Waals surface area contributed by atoms with Crippen molar-refractivity contribution in [2.24, 2.45) is 0 Å². The fourth-order valence-electron chi connectivity index (χ4n) is 1.61. The van der Waals surface area contributed by atoms with Crippen molar-refractivity contribution >= 4 is 17.0 Å². The minimum Gasteiger partial charge on any atom is -0.408 e. The number of nitrogens with one attached hydrogen (secondary N) is 3. The fraction of sp³-hybridized carbons (Fsp3) is 0.273. The Balaban J connectivity index is 2.08. The number of H-pyrrole nitrogens is 1. The number of hydrazine groups is 1. The fourth-order valence-corrected chi connectivity index (χ4v) is 1.61. The molecule has 6 heteroatoms. The number of carbonyl (C=O) groups is 1. The summed E-state index contributed by atoms with van der Waals surface area (Å²) < 4.78 is 4.89. The van der Waals surface area contributed by atoms with Crippen LogP contribution < -0.4 is 16.6 Å². The average Bonchev–Trinajstić information content (AvgIpc) is 2.66. The lowest BCUT2D eigenvalue weighted by Gasteiger charge is -2.02. The topological polar surface area (TPSA) is 87.1 Å². The van der Waals surface area contributed by atoms with Crippen molar-refractivity contribution in [2.75, 3.05) is 7.05 Å². The summed E-state index contributed by atoms with van der Waals surface area (Å²) >= 11 is 0. The maximum Gasteiger partial charge on any atom is 0.417 e. The molecule has 0 saturated heterocycles. The van der Waals surface area contributed by atoms with Crippen molar-refractivity contribution in [1.29, 1.82) is 0 Å². The van der Waals surface area contributed by atoms with E-state index < -0.39 is 5.76 Å². The Labute approximate surface area is 97.0 Å². The molecular weight excluding hydrogens is 222 g/mol. The molecule has 2 aromatic rings. The maximum absolute atomic E-state index is 11.2. The van der Waals surface area contributed by atoms with Gasteiger partial charge in [-0.1, -0.05) is 6.07 Å². The van der Waals surface area contributed by atoms with Crippen LogP contribution in [-0.4, -0.2) is 17.9 Å². The molecule has 90 valence electrons. The average molecular weight is 235 g/mol. The predicted octanol–water partition coefficient (Wildman–Crippen LogP) is 0.304. The van der Waals surface area contributed by atoms with Crippen LogP contribution in [0.1, 0.15) is 12.0 Å². The van der Waals surface area contributed by atoms with Gasteiger partial charge >= 0.3 is 5.76 Å². The van der Waals surface area contributed by atoms with Crippen molar-refractivity contribution in [3.8, 4) is 0 Å². The molecule has 0 radical (unpaired) electrons.